The van der Waals surface area contributed by atoms with E-state index in [-0.39, 0.29) is 0 Å². The van der Waals surface area contributed by atoms with Crippen molar-refractivity contribution >= 4 is 26.5 Å². The number of hydrogen-bond donors (Lipinski definition) is 0. The molecule has 3 nitrogen and oxygen atoms in total. The molecule has 22 heavy (non-hydrogen) atoms. The van der Waals surface area contributed by atoms with Gasteiger partial charge in [-0.25, -0.2) is 4.98 Å². The second-order valence-electron chi connectivity index (χ2n) is 5.53. The van der Waals surface area contributed by atoms with E-state index in [0.717, 1.165) is 16.4 Å². The van der Waals surface area contributed by atoms with E-state index in [0.29, 0.717) is 0 Å². The summed E-state index contributed by atoms with van der Waals surface area (Å²) in [5.74, 6) is 0.881. The van der Waals surface area contributed by atoms with E-state index >= 15 is 0 Å². The molecule has 0 bridgehead atoms. The first-order chi connectivity index (χ1) is 10.7. The molecule has 0 saturated heterocycles. The third kappa shape index (κ3) is 1.99. The third-order valence-corrected chi connectivity index (χ3v) is 4.98. The Morgan fingerprint density at radius 2 is 1.95 bits per heavy atom. The van der Waals surface area contributed by atoms with Crippen molar-refractivity contribution in [3.63, 3.8) is 0 Å². The standard InChI is InChI=1S/C18H16N2OS/c1-11-4-6-14(12(2)8-11)15-10-20-16-7-5-13(21-3)9-17(16)22-18(20)19-15/h4-10H,1-3H3. The number of methoxy groups -OCH3 is 1. The minimum atomic E-state index is 0.881. The predicted molar refractivity (Wildman–Crippen MR) is 92.0 cm³/mol. The molecule has 0 N–H and O–H groups in total. The molecule has 0 saturated carbocycles. The molecule has 0 aliphatic rings. The normalized spacial score (nSPS) is 11.4. The summed E-state index contributed by atoms with van der Waals surface area (Å²) >= 11 is 1.69. The first kappa shape index (κ1) is 13.3. The summed E-state index contributed by atoms with van der Waals surface area (Å²) in [6, 6.07) is 12.6. The summed E-state index contributed by atoms with van der Waals surface area (Å²) in [6.45, 7) is 4.25. The number of imidazole rings is 1. The fraction of sp³-hybridized carbons (Fsp3) is 0.167. The van der Waals surface area contributed by atoms with E-state index in [2.05, 4.69) is 54.8 Å². The lowest BCUT2D eigenvalue weighted by atomic mass is 10.0. The Hall–Kier alpha value is -2.33. The van der Waals surface area contributed by atoms with Gasteiger partial charge in [0.05, 0.1) is 23.0 Å². The minimum Gasteiger partial charge on any atom is -0.497 e. The molecule has 0 spiro atoms. The minimum absolute atomic E-state index is 0.881. The summed E-state index contributed by atoms with van der Waals surface area (Å²) < 4.78 is 8.64. The Balaban J connectivity index is 1.91. The highest BCUT2D eigenvalue weighted by Crippen LogP contribution is 2.32. The molecule has 4 rings (SSSR count). The molecule has 110 valence electrons. The van der Waals surface area contributed by atoms with Gasteiger partial charge < -0.3 is 4.74 Å². The van der Waals surface area contributed by atoms with Gasteiger partial charge in [0.25, 0.3) is 0 Å². The molecule has 4 aromatic rings. The number of thiazole rings is 1. The van der Waals surface area contributed by atoms with Gasteiger partial charge in [0.2, 0.25) is 0 Å². The van der Waals surface area contributed by atoms with Crippen LogP contribution in [0.2, 0.25) is 0 Å². The molecule has 0 aliphatic carbocycles. The zero-order valence-corrected chi connectivity index (χ0v) is 13.6. The van der Waals surface area contributed by atoms with Crippen LogP contribution in [-0.2, 0) is 0 Å². The van der Waals surface area contributed by atoms with Crippen LogP contribution >= 0.6 is 11.3 Å². The zero-order chi connectivity index (χ0) is 15.3. The van der Waals surface area contributed by atoms with Gasteiger partial charge in [0.15, 0.2) is 4.96 Å². The van der Waals surface area contributed by atoms with Crippen molar-refractivity contribution in [2.24, 2.45) is 0 Å². The fourth-order valence-electron chi connectivity index (χ4n) is 2.84. The third-order valence-electron chi connectivity index (χ3n) is 3.96. The van der Waals surface area contributed by atoms with Crippen molar-refractivity contribution < 1.29 is 4.74 Å². The summed E-state index contributed by atoms with van der Waals surface area (Å²) in [6.07, 6.45) is 2.12. The van der Waals surface area contributed by atoms with Crippen molar-refractivity contribution in [3.05, 3.63) is 53.7 Å². The SMILES string of the molecule is COc1ccc2c(c1)sc1nc(-c3ccc(C)cc3C)cn12. The highest BCUT2D eigenvalue weighted by molar-refractivity contribution is 7.23. The highest BCUT2D eigenvalue weighted by Gasteiger charge is 2.12. The topological polar surface area (TPSA) is 26.5 Å². The van der Waals surface area contributed by atoms with E-state index in [1.54, 1.807) is 18.4 Å². The van der Waals surface area contributed by atoms with Gasteiger partial charge in [0, 0.05) is 11.8 Å². The molecule has 2 aromatic carbocycles. The van der Waals surface area contributed by atoms with E-state index in [9.17, 15) is 0 Å². The van der Waals surface area contributed by atoms with Crippen molar-refractivity contribution in [2.45, 2.75) is 13.8 Å². The predicted octanol–water partition coefficient (Wildman–Crippen LogP) is 4.84. The first-order valence-electron chi connectivity index (χ1n) is 7.19. The Kier molecular flexibility index (Phi) is 2.94. The number of rotatable bonds is 2. The summed E-state index contributed by atoms with van der Waals surface area (Å²) in [4.78, 5) is 5.82. The Morgan fingerprint density at radius 3 is 2.73 bits per heavy atom. The van der Waals surface area contributed by atoms with Crippen molar-refractivity contribution in [3.8, 4) is 17.0 Å². The fourth-order valence-corrected chi connectivity index (χ4v) is 3.88. The van der Waals surface area contributed by atoms with Gasteiger partial charge >= 0.3 is 0 Å². The van der Waals surface area contributed by atoms with Crippen LogP contribution in [0.4, 0.5) is 0 Å². The first-order valence-corrected chi connectivity index (χ1v) is 8.00. The van der Waals surface area contributed by atoms with Crippen LogP contribution < -0.4 is 4.74 Å². The van der Waals surface area contributed by atoms with Crippen molar-refractivity contribution in [2.75, 3.05) is 7.11 Å². The summed E-state index contributed by atoms with van der Waals surface area (Å²) in [7, 11) is 1.69. The average molecular weight is 308 g/mol. The molecule has 0 radical (unpaired) electrons. The van der Waals surface area contributed by atoms with Gasteiger partial charge in [0.1, 0.15) is 5.75 Å². The van der Waals surface area contributed by atoms with Crippen LogP contribution in [-0.4, -0.2) is 16.5 Å². The van der Waals surface area contributed by atoms with E-state index in [4.69, 9.17) is 9.72 Å². The number of ether oxygens (including phenoxy) is 1. The molecule has 0 aliphatic heterocycles. The van der Waals surface area contributed by atoms with Crippen LogP contribution in [0, 0.1) is 13.8 Å². The van der Waals surface area contributed by atoms with E-state index in [1.807, 2.05) is 6.07 Å². The largest absolute Gasteiger partial charge is 0.497 e. The molecular formula is C18H16N2OS. The monoisotopic (exact) mass is 308 g/mol. The second-order valence-corrected chi connectivity index (χ2v) is 6.54. The number of benzene rings is 2. The highest BCUT2D eigenvalue weighted by atomic mass is 32.1. The average Bonchev–Trinajstić information content (AvgIpc) is 3.03. The van der Waals surface area contributed by atoms with Gasteiger partial charge in [-0.1, -0.05) is 35.1 Å². The maximum atomic E-state index is 5.29. The number of aromatic nitrogens is 2. The lowest BCUT2D eigenvalue weighted by molar-refractivity contribution is 0.415. The maximum Gasteiger partial charge on any atom is 0.195 e. The molecule has 0 fully saturated rings. The van der Waals surface area contributed by atoms with Crippen molar-refractivity contribution in [1.29, 1.82) is 0 Å². The number of aryl methyl sites for hydroxylation is 2. The Morgan fingerprint density at radius 1 is 1.09 bits per heavy atom. The maximum absolute atomic E-state index is 5.29. The van der Waals surface area contributed by atoms with Gasteiger partial charge in [-0.2, -0.15) is 0 Å². The molecular weight excluding hydrogens is 292 g/mol. The molecule has 0 atom stereocenters. The number of nitrogens with zero attached hydrogens (tertiary/aromatic N) is 2. The summed E-state index contributed by atoms with van der Waals surface area (Å²) in [5, 5.41) is 0. The second kappa shape index (κ2) is 4.85. The smallest absolute Gasteiger partial charge is 0.195 e. The molecule has 2 heterocycles. The molecule has 4 heteroatoms. The van der Waals surface area contributed by atoms with Crippen LogP contribution in [0.15, 0.2) is 42.6 Å². The molecule has 0 unspecified atom stereocenters. The molecule has 2 aromatic heterocycles. The van der Waals surface area contributed by atoms with Crippen LogP contribution in [0.3, 0.4) is 0 Å². The van der Waals surface area contributed by atoms with Gasteiger partial charge in [-0.15, -0.1) is 0 Å². The lowest BCUT2D eigenvalue weighted by Crippen LogP contribution is -1.85. The van der Waals surface area contributed by atoms with Crippen molar-refractivity contribution in [1.82, 2.24) is 9.38 Å². The van der Waals surface area contributed by atoms with Gasteiger partial charge in [-0.05, 0) is 37.6 Å². The van der Waals surface area contributed by atoms with Crippen LogP contribution in [0.5, 0.6) is 5.75 Å². The molecule has 0 amide bonds. The quantitative estimate of drug-likeness (QED) is 0.529. The lowest BCUT2D eigenvalue weighted by Gasteiger charge is -2.03. The summed E-state index contributed by atoms with van der Waals surface area (Å²) in [5.41, 5.74) is 5.94. The zero-order valence-electron chi connectivity index (χ0n) is 12.8. The van der Waals surface area contributed by atoms with Crippen LogP contribution in [0.25, 0.3) is 26.4 Å². The van der Waals surface area contributed by atoms with Crippen LogP contribution in [0.1, 0.15) is 11.1 Å². The Labute approximate surface area is 132 Å². The van der Waals surface area contributed by atoms with E-state index < -0.39 is 0 Å². The van der Waals surface area contributed by atoms with E-state index in [1.165, 1.54) is 26.9 Å². The van der Waals surface area contributed by atoms with Gasteiger partial charge in [-0.3, -0.25) is 4.40 Å². The Bertz CT molecular complexity index is 997. The number of hydrogen-bond acceptors (Lipinski definition) is 3. The number of fused-ring (bicyclic) bond motifs is 3.